The SMILES string of the molecule is COc1cc(O)cc(N)c1N.Cl.Cl. The van der Waals surface area contributed by atoms with Crippen molar-refractivity contribution in [3.8, 4) is 11.5 Å². The van der Waals surface area contributed by atoms with Gasteiger partial charge in [-0.3, -0.25) is 0 Å². The Balaban J connectivity index is 0. The molecule has 0 aromatic heterocycles. The van der Waals surface area contributed by atoms with E-state index < -0.39 is 0 Å². The number of nitrogen functional groups attached to an aromatic ring is 2. The Morgan fingerprint density at radius 1 is 1.23 bits per heavy atom. The van der Waals surface area contributed by atoms with E-state index in [1.54, 1.807) is 0 Å². The van der Waals surface area contributed by atoms with Gasteiger partial charge in [-0.15, -0.1) is 24.8 Å². The highest BCUT2D eigenvalue weighted by molar-refractivity contribution is 5.85. The van der Waals surface area contributed by atoms with E-state index in [1.807, 2.05) is 0 Å². The number of ether oxygens (including phenoxy) is 1. The molecule has 1 rings (SSSR count). The smallest absolute Gasteiger partial charge is 0.147 e. The molecule has 13 heavy (non-hydrogen) atoms. The van der Waals surface area contributed by atoms with Crippen molar-refractivity contribution < 1.29 is 9.84 Å². The molecule has 0 amide bonds. The molecule has 1 aromatic carbocycles. The van der Waals surface area contributed by atoms with Crippen molar-refractivity contribution in [3.05, 3.63) is 12.1 Å². The van der Waals surface area contributed by atoms with Crippen molar-refractivity contribution in [2.45, 2.75) is 0 Å². The van der Waals surface area contributed by atoms with E-state index >= 15 is 0 Å². The summed E-state index contributed by atoms with van der Waals surface area (Å²) >= 11 is 0. The van der Waals surface area contributed by atoms with E-state index in [-0.39, 0.29) is 30.6 Å². The third kappa shape index (κ3) is 3.08. The number of methoxy groups -OCH3 is 1. The van der Waals surface area contributed by atoms with Crippen LogP contribution in [0.4, 0.5) is 11.4 Å². The lowest BCUT2D eigenvalue weighted by Crippen LogP contribution is -1.97. The molecule has 0 heterocycles. The van der Waals surface area contributed by atoms with Crippen LogP contribution in [0.15, 0.2) is 12.1 Å². The zero-order valence-electron chi connectivity index (χ0n) is 6.98. The molecule has 0 aliphatic carbocycles. The number of hydrogen-bond acceptors (Lipinski definition) is 4. The van der Waals surface area contributed by atoms with E-state index in [0.29, 0.717) is 17.1 Å². The fraction of sp³-hybridized carbons (Fsp3) is 0.143. The van der Waals surface area contributed by atoms with Crippen LogP contribution >= 0.6 is 24.8 Å². The Morgan fingerprint density at radius 3 is 2.23 bits per heavy atom. The zero-order chi connectivity index (χ0) is 8.43. The van der Waals surface area contributed by atoms with Crippen molar-refractivity contribution in [2.24, 2.45) is 0 Å². The molecule has 0 aliphatic heterocycles. The molecule has 0 radical (unpaired) electrons. The molecular weight excluding hydrogens is 215 g/mol. The highest BCUT2D eigenvalue weighted by Gasteiger charge is 2.04. The third-order valence-corrected chi connectivity index (χ3v) is 1.38. The molecule has 0 spiro atoms. The summed E-state index contributed by atoms with van der Waals surface area (Å²) in [5.41, 5.74) is 11.6. The van der Waals surface area contributed by atoms with Crippen LogP contribution in [0.25, 0.3) is 0 Å². The molecule has 1 aromatic rings. The van der Waals surface area contributed by atoms with Gasteiger partial charge in [0.1, 0.15) is 11.5 Å². The second kappa shape index (κ2) is 5.61. The summed E-state index contributed by atoms with van der Waals surface area (Å²) in [4.78, 5) is 0. The molecule has 0 unspecified atom stereocenters. The first-order valence-electron chi connectivity index (χ1n) is 3.07. The lowest BCUT2D eigenvalue weighted by atomic mass is 10.2. The summed E-state index contributed by atoms with van der Waals surface area (Å²) in [5, 5.41) is 9.03. The predicted octanol–water partition coefficient (Wildman–Crippen LogP) is 1.41. The van der Waals surface area contributed by atoms with Gasteiger partial charge in [-0.05, 0) is 0 Å². The molecule has 4 nitrogen and oxygen atoms in total. The molecule has 0 aliphatic rings. The minimum atomic E-state index is 0. The van der Waals surface area contributed by atoms with Gasteiger partial charge < -0.3 is 21.3 Å². The Hall–Kier alpha value is -1.000. The Kier molecular flexibility index (Phi) is 6.27. The second-order valence-corrected chi connectivity index (χ2v) is 2.15. The standard InChI is InChI=1S/C7H10N2O2.2ClH/c1-11-6-3-4(10)2-5(8)7(6)9;;/h2-3,10H,8-9H2,1H3;2*1H. The molecule has 0 fully saturated rings. The topological polar surface area (TPSA) is 81.5 Å². The summed E-state index contributed by atoms with van der Waals surface area (Å²) in [7, 11) is 1.46. The van der Waals surface area contributed by atoms with E-state index in [9.17, 15) is 0 Å². The highest BCUT2D eigenvalue weighted by Crippen LogP contribution is 2.31. The van der Waals surface area contributed by atoms with Gasteiger partial charge in [-0.25, -0.2) is 0 Å². The van der Waals surface area contributed by atoms with Gasteiger partial charge in [0, 0.05) is 12.1 Å². The number of halogens is 2. The average Bonchev–Trinajstić information content (AvgIpc) is 1.96. The molecule has 0 saturated heterocycles. The van der Waals surface area contributed by atoms with Crippen molar-refractivity contribution in [1.29, 1.82) is 0 Å². The quantitative estimate of drug-likeness (QED) is 0.500. The van der Waals surface area contributed by atoms with E-state index in [1.165, 1.54) is 19.2 Å². The van der Waals surface area contributed by atoms with Gasteiger partial charge in [0.2, 0.25) is 0 Å². The lowest BCUT2D eigenvalue weighted by molar-refractivity contribution is 0.410. The maximum atomic E-state index is 9.03. The number of phenolic OH excluding ortho intramolecular Hbond substituents is 1. The van der Waals surface area contributed by atoms with Crippen molar-refractivity contribution in [1.82, 2.24) is 0 Å². The average molecular weight is 227 g/mol. The van der Waals surface area contributed by atoms with Crippen LogP contribution in [0.1, 0.15) is 0 Å². The summed E-state index contributed by atoms with van der Waals surface area (Å²) < 4.78 is 4.84. The molecule has 0 bridgehead atoms. The lowest BCUT2D eigenvalue weighted by Gasteiger charge is -2.06. The van der Waals surface area contributed by atoms with Gasteiger partial charge in [0.15, 0.2) is 0 Å². The maximum absolute atomic E-state index is 9.03. The van der Waals surface area contributed by atoms with E-state index in [4.69, 9.17) is 21.3 Å². The van der Waals surface area contributed by atoms with Crippen LogP contribution in [0.2, 0.25) is 0 Å². The first-order chi connectivity index (χ1) is 5.15. The first-order valence-corrected chi connectivity index (χ1v) is 3.07. The third-order valence-electron chi connectivity index (χ3n) is 1.38. The maximum Gasteiger partial charge on any atom is 0.147 e. The van der Waals surface area contributed by atoms with E-state index in [2.05, 4.69) is 0 Å². The Morgan fingerprint density at radius 2 is 1.77 bits per heavy atom. The molecule has 0 atom stereocenters. The summed E-state index contributed by atoms with van der Waals surface area (Å²) in [5.74, 6) is 0.441. The Bertz CT molecular complexity index is 281. The first kappa shape index (κ1) is 14.5. The number of rotatable bonds is 1. The predicted molar refractivity (Wildman–Crippen MR) is 58.0 cm³/mol. The number of aromatic hydroxyl groups is 1. The van der Waals surface area contributed by atoms with Gasteiger partial charge in [-0.1, -0.05) is 0 Å². The monoisotopic (exact) mass is 226 g/mol. The molecule has 5 N–H and O–H groups in total. The van der Waals surface area contributed by atoms with Gasteiger partial charge in [0.25, 0.3) is 0 Å². The van der Waals surface area contributed by atoms with Crippen LogP contribution in [0.5, 0.6) is 11.5 Å². The number of phenols is 1. The fourth-order valence-electron chi connectivity index (χ4n) is 0.802. The van der Waals surface area contributed by atoms with Crippen LogP contribution in [-0.2, 0) is 0 Å². The van der Waals surface area contributed by atoms with Gasteiger partial charge in [0.05, 0.1) is 18.5 Å². The molecular formula is C7H12Cl2N2O2. The number of anilines is 2. The summed E-state index contributed by atoms with van der Waals surface area (Å²) in [6.07, 6.45) is 0. The molecule has 76 valence electrons. The van der Waals surface area contributed by atoms with Crippen LogP contribution < -0.4 is 16.2 Å². The van der Waals surface area contributed by atoms with Crippen molar-refractivity contribution in [3.63, 3.8) is 0 Å². The van der Waals surface area contributed by atoms with Crippen LogP contribution in [0, 0.1) is 0 Å². The largest absolute Gasteiger partial charge is 0.508 e. The van der Waals surface area contributed by atoms with Crippen LogP contribution in [-0.4, -0.2) is 12.2 Å². The second-order valence-electron chi connectivity index (χ2n) is 2.15. The van der Waals surface area contributed by atoms with Crippen LogP contribution in [0.3, 0.4) is 0 Å². The van der Waals surface area contributed by atoms with Gasteiger partial charge in [-0.2, -0.15) is 0 Å². The van der Waals surface area contributed by atoms with Crippen molar-refractivity contribution in [2.75, 3.05) is 18.6 Å². The minimum Gasteiger partial charge on any atom is -0.508 e. The molecule has 0 saturated carbocycles. The minimum absolute atomic E-state index is 0. The molecule has 6 heteroatoms. The Labute approximate surface area is 88.7 Å². The number of nitrogens with two attached hydrogens (primary N) is 2. The summed E-state index contributed by atoms with van der Waals surface area (Å²) in [6.45, 7) is 0. The van der Waals surface area contributed by atoms with Crippen molar-refractivity contribution >= 4 is 36.2 Å². The number of benzene rings is 1. The number of hydrogen-bond donors (Lipinski definition) is 3. The fourth-order valence-corrected chi connectivity index (χ4v) is 0.802. The highest BCUT2D eigenvalue weighted by atomic mass is 35.5. The summed E-state index contributed by atoms with van der Waals surface area (Å²) in [6, 6.07) is 2.78. The van der Waals surface area contributed by atoms with E-state index in [0.717, 1.165) is 0 Å². The zero-order valence-corrected chi connectivity index (χ0v) is 8.61. The van der Waals surface area contributed by atoms with Gasteiger partial charge >= 0.3 is 0 Å². The normalized spacial score (nSPS) is 8.08.